The van der Waals surface area contributed by atoms with Gasteiger partial charge < -0.3 is 10.6 Å². The van der Waals surface area contributed by atoms with Crippen LogP contribution in [0.2, 0.25) is 5.02 Å². The van der Waals surface area contributed by atoms with Crippen molar-refractivity contribution in [2.75, 3.05) is 11.9 Å². The maximum Gasteiger partial charge on any atom is 0.324 e. The van der Waals surface area contributed by atoms with Gasteiger partial charge in [-0.25, -0.2) is 4.79 Å². The van der Waals surface area contributed by atoms with Gasteiger partial charge in [-0.1, -0.05) is 35.9 Å². The van der Waals surface area contributed by atoms with E-state index in [0.717, 1.165) is 16.0 Å². The number of hydrogen-bond donors (Lipinski definition) is 2. The van der Waals surface area contributed by atoms with Crippen LogP contribution in [0.5, 0.6) is 0 Å². The van der Waals surface area contributed by atoms with Crippen molar-refractivity contribution in [1.29, 1.82) is 0 Å². The van der Waals surface area contributed by atoms with E-state index in [9.17, 15) is 14.4 Å². The molecular weight excluding hydrogens is 354 g/mol. The topological polar surface area (TPSA) is 78.5 Å². The predicted molar refractivity (Wildman–Crippen MR) is 98.8 cm³/mol. The molecule has 0 radical (unpaired) electrons. The van der Waals surface area contributed by atoms with Crippen LogP contribution in [0.15, 0.2) is 48.5 Å². The molecule has 1 heterocycles. The highest BCUT2D eigenvalue weighted by molar-refractivity contribution is 6.30. The maximum absolute atomic E-state index is 12.2. The van der Waals surface area contributed by atoms with Crippen LogP contribution in [-0.2, 0) is 22.6 Å². The number of hydrogen-bond acceptors (Lipinski definition) is 3. The van der Waals surface area contributed by atoms with E-state index in [1.165, 1.54) is 0 Å². The third-order valence-electron chi connectivity index (χ3n) is 4.02. The number of benzene rings is 2. The van der Waals surface area contributed by atoms with Crippen molar-refractivity contribution < 1.29 is 14.4 Å². The fourth-order valence-corrected chi connectivity index (χ4v) is 2.93. The van der Waals surface area contributed by atoms with Crippen molar-refractivity contribution in [3.8, 4) is 0 Å². The third-order valence-corrected chi connectivity index (χ3v) is 4.25. The Morgan fingerprint density at radius 3 is 2.62 bits per heavy atom. The molecule has 1 fully saturated rings. The second-order valence-corrected chi connectivity index (χ2v) is 6.45. The van der Waals surface area contributed by atoms with Crippen molar-refractivity contribution in [2.45, 2.75) is 19.4 Å². The summed E-state index contributed by atoms with van der Waals surface area (Å²) in [6.07, 6.45) is 0.923. The van der Waals surface area contributed by atoms with Gasteiger partial charge >= 0.3 is 6.03 Å². The number of urea groups is 1. The summed E-state index contributed by atoms with van der Waals surface area (Å²) in [7, 11) is 0. The zero-order valence-electron chi connectivity index (χ0n) is 14.0. The fraction of sp³-hybridized carbons (Fsp3) is 0.211. The van der Waals surface area contributed by atoms with Gasteiger partial charge in [0.25, 0.3) is 0 Å². The first kappa shape index (κ1) is 17.9. The Morgan fingerprint density at radius 1 is 1.12 bits per heavy atom. The summed E-state index contributed by atoms with van der Waals surface area (Å²) < 4.78 is 0. The van der Waals surface area contributed by atoms with Crippen molar-refractivity contribution in [3.05, 3.63) is 64.7 Å². The second-order valence-electron chi connectivity index (χ2n) is 6.02. The van der Waals surface area contributed by atoms with E-state index in [1.54, 1.807) is 30.3 Å². The van der Waals surface area contributed by atoms with Crippen molar-refractivity contribution in [3.63, 3.8) is 0 Å². The molecule has 2 aromatic carbocycles. The molecule has 0 unspecified atom stereocenters. The molecule has 0 aromatic heterocycles. The lowest BCUT2D eigenvalue weighted by Gasteiger charge is -2.13. The van der Waals surface area contributed by atoms with E-state index in [2.05, 4.69) is 10.6 Å². The maximum atomic E-state index is 12.2. The average molecular weight is 372 g/mol. The zero-order chi connectivity index (χ0) is 18.5. The summed E-state index contributed by atoms with van der Waals surface area (Å²) in [5.41, 5.74) is 2.40. The number of halogens is 1. The Kier molecular flexibility index (Phi) is 5.53. The molecule has 4 amide bonds. The normalized spacial score (nSPS) is 13.7. The number of imide groups is 1. The van der Waals surface area contributed by atoms with Gasteiger partial charge in [-0.05, 0) is 41.8 Å². The molecule has 0 bridgehead atoms. The lowest BCUT2D eigenvalue weighted by molar-refractivity contribution is -0.125. The van der Waals surface area contributed by atoms with Gasteiger partial charge in [0.15, 0.2) is 0 Å². The summed E-state index contributed by atoms with van der Waals surface area (Å²) in [6, 6.07) is 14.1. The summed E-state index contributed by atoms with van der Waals surface area (Å²) in [5, 5.41) is 5.97. The van der Waals surface area contributed by atoms with E-state index in [4.69, 9.17) is 11.6 Å². The smallest absolute Gasteiger partial charge is 0.324 e. The van der Waals surface area contributed by atoms with Crippen LogP contribution in [0, 0.1) is 0 Å². The van der Waals surface area contributed by atoms with Gasteiger partial charge in [0.2, 0.25) is 11.8 Å². The minimum atomic E-state index is -0.397. The van der Waals surface area contributed by atoms with Crippen molar-refractivity contribution >= 4 is 35.1 Å². The quantitative estimate of drug-likeness (QED) is 0.766. The van der Waals surface area contributed by atoms with Crippen LogP contribution in [0.4, 0.5) is 10.5 Å². The largest absolute Gasteiger partial charge is 0.329 e. The van der Waals surface area contributed by atoms with Gasteiger partial charge in [-0.15, -0.1) is 0 Å². The van der Waals surface area contributed by atoms with Crippen LogP contribution in [-0.4, -0.2) is 29.3 Å². The standard InChI is InChI=1S/C19H18ClN3O3/c20-15-5-1-3-13(9-15)7-8-17(24)22-16-6-2-4-14(10-16)12-23-18(25)11-21-19(23)26/h1-6,9-10H,7-8,11-12H2,(H,21,26)(H,22,24). The van der Waals surface area contributed by atoms with Crippen molar-refractivity contribution in [2.24, 2.45) is 0 Å². The first-order chi connectivity index (χ1) is 12.5. The van der Waals surface area contributed by atoms with Gasteiger partial charge in [-0.2, -0.15) is 0 Å². The lowest BCUT2D eigenvalue weighted by atomic mass is 10.1. The Balaban J connectivity index is 1.57. The van der Waals surface area contributed by atoms with E-state index in [1.807, 2.05) is 18.2 Å². The second kappa shape index (κ2) is 8.01. The number of carbonyl (C=O) groups is 3. The van der Waals surface area contributed by atoms with E-state index < -0.39 is 6.03 Å². The molecule has 7 heteroatoms. The number of anilines is 1. The molecule has 0 spiro atoms. The zero-order valence-corrected chi connectivity index (χ0v) is 14.8. The molecule has 3 rings (SSSR count). The van der Waals surface area contributed by atoms with Gasteiger partial charge in [0.05, 0.1) is 13.1 Å². The lowest BCUT2D eigenvalue weighted by Crippen LogP contribution is -2.30. The minimum Gasteiger partial charge on any atom is -0.329 e. The first-order valence-corrected chi connectivity index (χ1v) is 8.60. The highest BCUT2D eigenvalue weighted by atomic mass is 35.5. The van der Waals surface area contributed by atoms with Crippen LogP contribution >= 0.6 is 11.6 Å². The summed E-state index contributed by atoms with van der Waals surface area (Å²) in [6.45, 7) is 0.204. The van der Waals surface area contributed by atoms with E-state index >= 15 is 0 Å². The molecule has 134 valence electrons. The number of nitrogens with zero attached hydrogens (tertiary/aromatic N) is 1. The summed E-state index contributed by atoms with van der Waals surface area (Å²) >= 11 is 5.94. The van der Waals surface area contributed by atoms with Gasteiger partial charge in [0, 0.05) is 17.1 Å². The number of aryl methyl sites for hydroxylation is 1. The van der Waals surface area contributed by atoms with E-state index in [0.29, 0.717) is 23.6 Å². The Labute approximate surface area is 156 Å². The minimum absolute atomic E-state index is 0.0266. The summed E-state index contributed by atoms with van der Waals surface area (Å²) in [4.78, 5) is 36.6. The number of carbonyl (C=O) groups excluding carboxylic acids is 3. The molecule has 2 aromatic rings. The number of rotatable bonds is 6. The molecule has 0 saturated carbocycles. The predicted octanol–water partition coefficient (Wildman–Crippen LogP) is 2.96. The number of nitrogens with one attached hydrogen (secondary N) is 2. The molecule has 0 aliphatic carbocycles. The first-order valence-electron chi connectivity index (χ1n) is 8.23. The highest BCUT2D eigenvalue weighted by Crippen LogP contribution is 2.16. The Hall–Kier alpha value is -2.86. The molecule has 0 atom stereocenters. The van der Waals surface area contributed by atoms with Crippen molar-refractivity contribution in [1.82, 2.24) is 10.2 Å². The molecular formula is C19H18ClN3O3. The molecule has 2 N–H and O–H groups in total. The third kappa shape index (κ3) is 4.61. The van der Waals surface area contributed by atoms with E-state index in [-0.39, 0.29) is 24.9 Å². The molecule has 1 aliphatic rings. The highest BCUT2D eigenvalue weighted by Gasteiger charge is 2.28. The SMILES string of the molecule is O=C(CCc1cccc(Cl)c1)Nc1cccc(CN2C(=O)CNC2=O)c1. The van der Waals surface area contributed by atoms with Crippen LogP contribution in [0.3, 0.4) is 0 Å². The van der Waals surface area contributed by atoms with Crippen LogP contribution in [0.1, 0.15) is 17.5 Å². The monoisotopic (exact) mass is 371 g/mol. The van der Waals surface area contributed by atoms with Crippen LogP contribution < -0.4 is 10.6 Å². The average Bonchev–Trinajstić information content (AvgIpc) is 2.92. The molecule has 1 aliphatic heterocycles. The molecule has 26 heavy (non-hydrogen) atoms. The van der Waals surface area contributed by atoms with Gasteiger partial charge in [-0.3, -0.25) is 14.5 Å². The Bertz CT molecular complexity index is 837. The fourth-order valence-electron chi connectivity index (χ4n) is 2.72. The van der Waals surface area contributed by atoms with Crippen LogP contribution in [0.25, 0.3) is 0 Å². The summed E-state index contributed by atoms with van der Waals surface area (Å²) in [5.74, 6) is -0.372. The molecule has 6 nitrogen and oxygen atoms in total. The number of amides is 4. The van der Waals surface area contributed by atoms with Gasteiger partial charge in [0.1, 0.15) is 0 Å². The molecule has 1 saturated heterocycles. The Morgan fingerprint density at radius 2 is 1.88 bits per heavy atom.